The largest absolute Gasteiger partial charge is 0.396 e. The van der Waals surface area contributed by atoms with Crippen molar-refractivity contribution in [2.75, 3.05) is 6.61 Å². The Balaban J connectivity index is 2.11. The molecule has 1 N–H and O–H groups in total. The first-order valence-corrected chi connectivity index (χ1v) is 10.3. The number of nitrogens with zero attached hydrogens (tertiary/aromatic N) is 1. The number of sulfone groups is 1. The monoisotopic (exact) mass is 369 g/mol. The lowest BCUT2D eigenvalue weighted by Gasteiger charge is -2.39. The Labute approximate surface area is 155 Å². The smallest absolute Gasteiger partial charge is 0.188 e. The zero-order valence-electron chi connectivity index (χ0n) is 14.9. The molecule has 0 aromatic heterocycles. The summed E-state index contributed by atoms with van der Waals surface area (Å²) in [7, 11) is -3.61. The molecule has 3 rings (SSSR count). The van der Waals surface area contributed by atoms with Crippen molar-refractivity contribution in [1.82, 2.24) is 0 Å². The highest BCUT2D eigenvalue weighted by molar-refractivity contribution is 7.92. The van der Waals surface area contributed by atoms with Crippen molar-refractivity contribution in [3.63, 3.8) is 0 Å². The Bertz CT molecular complexity index is 901. The average molecular weight is 369 g/mol. The SMILES string of the molecule is Cc1ccc(S(=O)(=O)C2(c3ccc(C#N)cc3)CCC(CO)CC2)cc1. The van der Waals surface area contributed by atoms with Gasteiger partial charge in [-0.15, -0.1) is 0 Å². The highest BCUT2D eigenvalue weighted by Gasteiger charge is 2.48. The van der Waals surface area contributed by atoms with Crippen molar-refractivity contribution in [3.8, 4) is 6.07 Å². The second kappa shape index (κ2) is 7.22. The molecule has 2 aromatic carbocycles. The van der Waals surface area contributed by atoms with Gasteiger partial charge in [0.1, 0.15) is 4.75 Å². The first-order chi connectivity index (χ1) is 12.4. The van der Waals surface area contributed by atoms with Crippen LogP contribution < -0.4 is 0 Å². The number of hydrogen-bond acceptors (Lipinski definition) is 4. The van der Waals surface area contributed by atoms with Crippen molar-refractivity contribution >= 4 is 9.84 Å². The maximum atomic E-state index is 13.6. The Morgan fingerprint density at radius 3 is 2.15 bits per heavy atom. The lowest BCUT2D eigenvalue weighted by molar-refractivity contribution is 0.173. The first-order valence-electron chi connectivity index (χ1n) is 8.86. The van der Waals surface area contributed by atoms with Gasteiger partial charge >= 0.3 is 0 Å². The number of hydrogen-bond donors (Lipinski definition) is 1. The third-order valence-corrected chi connectivity index (χ3v) is 8.12. The van der Waals surface area contributed by atoms with E-state index in [-0.39, 0.29) is 12.5 Å². The van der Waals surface area contributed by atoms with Crippen molar-refractivity contribution in [2.45, 2.75) is 42.2 Å². The van der Waals surface area contributed by atoms with Crippen LogP contribution in [0.4, 0.5) is 0 Å². The van der Waals surface area contributed by atoms with Crippen LogP contribution in [0.2, 0.25) is 0 Å². The van der Waals surface area contributed by atoms with Crippen molar-refractivity contribution < 1.29 is 13.5 Å². The van der Waals surface area contributed by atoms with Gasteiger partial charge < -0.3 is 5.11 Å². The third-order valence-electron chi connectivity index (χ3n) is 5.56. The minimum atomic E-state index is -3.61. The summed E-state index contributed by atoms with van der Waals surface area (Å²) in [6, 6.07) is 16.0. The van der Waals surface area contributed by atoms with Crippen LogP contribution in [-0.2, 0) is 14.6 Å². The van der Waals surface area contributed by atoms with Gasteiger partial charge in [0.2, 0.25) is 0 Å². The quantitative estimate of drug-likeness (QED) is 0.891. The van der Waals surface area contributed by atoms with Crippen molar-refractivity contribution in [1.29, 1.82) is 5.26 Å². The molecule has 0 atom stereocenters. The molecule has 1 aliphatic rings. The zero-order chi connectivity index (χ0) is 18.8. The molecule has 0 aliphatic heterocycles. The maximum Gasteiger partial charge on any atom is 0.188 e. The van der Waals surface area contributed by atoms with E-state index in [0.717, 1.165) is 11.1 Å². The minimum Gasteiger partial charge on any atom is -0.396 e. The van der Waals surface area contributed by atoms with Crippen LogP contribution in [0.5, 0.6) is 0 Å². The van der Waals surface area contributed by atoms with E-state index in [1.54, 1.807) is 36.4 Å². The fraction of sp³-hybridized carbons (Fsp3) is 0.381. The number of nitriles is 1. The van der Waals surface area contributed by atoms with E-state index < -0.39 is 14.6 Å². The zero-order valence-corrected chi connectivity index (χ0v) is 15.7. The fourth-order valence-electron chi connectivity index (χ4n) is 3.83. The molecule has 0 amide bonds. The predicted molar refractivity (Wildman–Crippen MR) is 100 cm³/mol. The number of rotatable bonds is 4. The second-order valence-electron chi connectivity index (χ2n) is 7.13. The number of aliphatic hydroxyl groups is 1. The molecule has 0 heterocycles. The molecule has 0 saturated heterocycles. The molecular weight excluding hydrogens is 346 g/mol. The number of aliphatic hydroxyl groups excluding tert-OH is 1. The molecule has 0 spiro atoms. The first kappa shape index (κ1) is 18.6. The number of aryl methyl sites for hydroxylation is 1. The van der Waals surface area contributed by atoms with Crippen LogP contribution in [0.1, 0.15) is 42.4 Å². The second-order valence-corrected chi connectivity index (χ2v) is 9.39. The standard InChI is InChI=1S/C21H23NO3S/c1-16-2-8-20(9-3-16)26(24,25)21(12-10-18(15-23)11-13-21)19-6-4-17(14-22)5-7-19/h2-9,18,23H,10-13,15H2,1H3. The Kier molecular flexibility index (Phi) is 5.17. The van der Waals surface area contributed by atoms with Crippen LogP contribution in [0.15, 0.2) is 53.4 Å². The van der Waals surface area contributed by atoms with Crippen LogP contribution in [-0.4, -0.2) is 20.1 Å². The Morgan fingerprint density at radius 1 is 1.08 bits per heavy atom. The summed E-state index contributed by atoms with van der Waals surface area (Å²) >= 11 is 0. The molecule has 26 heavy (non-hydrogen) atoms. The molecule has 4 nitrogen and oxygen atoms in total. The third kappa shape index (κ3) is 3.15. The lowest BCUT2D eigenvalue weighted by Crippen LogP contribution is -2.40. The van der Waals surface area contributed by atoms with Crippen LogP contribution in [0.25, 0.3) is 0 Å². The van der Waals surface area contributed by atoms with Gasteiger partial charge in [-0.2, -0.15) is 5.26 Å². The molecule has 5 heteroatoms. The van der Waals surface area contributed by atoms with Gasteiger partial charge in [-0.25, -0.2) is 8.42 Å². The van der Waals surface area contributed by atoms with Gasteiger partial charge in [-0.05, 0) is 68.4 Å². The molecule has 0 bridgehead atoms. The van der Waals surface area contributed by atoms with E-state index in [2.05, 4.69) is 6.07 Å². The summed E-state index contributed by atoms with van der Waals surface area (Å²) in [5, 5.41) is 18.5. The molecule has 1 aliphatic carbocycles. The van der Waals surface area contributed by atoms with E-state index in [9.17, 15) is 13.5 Å². The average Bonchev–Trinajstić information content (AvgIpc) is 2.68. The van der Waals surface area contributed by atoms with Gasteiger partial charge in [0.15, 0.2) is 9.84 Å². The fourth-order valence-corrected chi connectivity index (χ4v) is 6.00. The predicted octanol–water partition coefficient (Wildman–Crippen LogP) is 3.72. The van der Waals surface area contributed by atoms with Gasteiger partial charge in [0, 0.05) is 6.61 Å². The molecule has 1 saturated carbocycles. The summed E-state index contributed by atoms with van der Waals surface area (Å²) in [4.78, 5) is 0.329. The molecule has 0 radical (unpaired) electrons. The van der Waals surface area contributed by atoms with E-state index >= 15 is 0 Å². The topological polar surface area (TPSA) is 78.2 Å². The summed E-state index contributed by atoms with van der Waals surface area (Å²) in [5.41, 5.74) is 2.26. The highest BCUT2D eigenvalue weighted by Crippen LogP contribution is 2.48. The van der Waals surface area contributed by atoms with Crippen LogP contribution in [0, 0.1) is 24.2 Å². The number of benzene rings is 2. The Morgan fingerprint density at radius 2 is 1.65 bits per heavy atom. The maximum absolute atomic E-state index is 13.6. The highest BCUT2D eigenvalue weighted by atomic mass is 32.2. The normalized spacial score (nSPS) is 23.3. The summed E-state index contributed by atoms with van der Waals surface area (Å²) in [6.07, 6.45) is 2.28. The van der Waals surface area contributed by atoms with Crippen LogP contribution >= 0.6 is 0 Å². The molecule has 136 valence electrons. The van der Waals surface area contributed by atoms with Crippen molar-refractivity contribution in [3.05, 3.63) is 65.2 Å². The minimum absolute atomic E-state index is 0.0913. The van der Waals surface area contributed by atoms with Crippen molar-refractivity contribution in [2.24, 2.45) is 5.92 Å². The lowest BCUT2D eigenvalue weighted by atomic mass is 9.78. The van der Waals surface area contributed by atoms with Crippen LogP contribution in [0.3, 0.4) is 0 Å². The summed E-state index contributed by atoms with van der Waals surface area (Å²) in [5.74, 6) is 0.148. The summed E-state index contributed by atoms with van der Waals surface area (Å²) in [6.45, 7) is 2.02. The van der Waals surface area contributed by atoms with E-state index in [1.807, 2.05) is 19.1 Å². The molecule has 0 unspecified atom stereocenters. The van der Waals surface area contributed by atoms with Gasteiger partial charge in [0.05, 0.1) is 16.5 Å². The van der Waals surface area contributed by atoms with E-state index in [0.29, 0.717) is 36.1 Å². The van der Waals surface area contributed by atoms with E-state index in [1.165, 1.54) is 0 Å². The Hall–Kier alpha value is -2.16. The van der Waals surface area contributed by atoms with Gasteiger partial charge in [0.25, 0.3) is 0 Å². The van der Waals surface area contributed by atoms with Gasteiger partial charge in [-0.1, -0.05) is 29.8 Å². The molecule has 1 fully saturated rings. The molecular formula is C21H23NO3S. The van der Waals surface area contributed by atoms with E-state index in [4.69, 9.17) is 5.26 Å². The molecule has 2 aromatic rings. The summed E-state index contributed by atoms with van der Waals surface area (Å²) < 4.78 is 26.3. The van der Waals surface area contributed by atoms with Gasteiger partial charge in [-0.3, -0.25) is 0 Å².